The highest BCUT2D eigenvalue weighted by atomic mass is 16.3. The van der Waals surface area contributed by atoms with Crippen molar-refractivity contribution in [1.29, 1.82) is 0 Å². The predicted octanol–water partition coefficient (Wildman–Crippen LogP) is 2.96. The van der Waals surface area contributed by atoms with Crippen molar-refractivity contribution in [2.75, 3.05) is 13.6 Å². The number of hydrogen-bond acceptors (Lipinski definition) is 2. The zero-order chi connectivity index (χ0) is 9.23. The highest BCUT2D eigenvalue weighted by Crippen LogP contribution is 2.05. The van der Waals surface area contributed by atoms with Gasteiger partial charge in [-0.2, -0.15) is 0 Å². The van der Waals surface area contributed by atoms with Gasteiger partial charge in [0.25, 0.3) is 0 Å². The monoisotopic (exact) mass is 172 g/mol. The summed E-state index contributed by atoms with van der Waals surface area (Å²) < 4.78 is 0. The Bertz CT molecular complexity index is 107. The molecule has 0 amide bonds. The van der Waals surface area contributed by atoms with Crippen molar-refractivity contribution >= 4 is 0 Å². The Hall–Kier alpha value is -0.600. The molecule has 0 aromatic rings. The minimum Gasteiger partial charge on any atom is -0.264 e. The molecule has 0 aromatic carbocycles. The van der Waals surface area contributed by atoms with Crippen LogP contribution in [-0.4, -0.2) is 18.6 Å². The largest absolute Gasteiger partial charge is 0.264 e. The second-order valence-electron chi connectivity index (χ2n) is 3.23. The zero-order valence-electron chi connectivity index (χ0n) is 8.25. The first kappa shape index (κ1) is 11.4. The van der Waals surface area contributed by atoms with Gasteiger partial charge >= 0.3 is 0 Å². The highest BCUT2D eigenvalue weighted by molar-refractivity contribution is 4.47. The highest BCUT2D eigenvalue weighted by Gasteiger charge is 1.93. The van der Waals surface area contributed by atoms with E-state index in [2.05, 4.69) is 12.2 Å². The summed E-state index contributed by atoms with van der Waals surface area (Å²) in [5.74, 6) is 0. The SMILES string of the molecule is CCCCCCCCN(C)N=O. The fraction of sp³-hybridized carbons (Fsp3) is 1.00. The second kappa shape index (κ2) is 8.50. The van der Waals surface area contributed by atoms with Crippen LogP contribution in [0, 0.1) is 4.91 Å². The van der Waals surface area contributed by atoms with Gasteiger partial charge in [-0.25, -0.2) is 0 Å². The van der Waals surface area contributed by atoms with E-state index in [1.165, 1.54) is 37.1 Å². The van der Waals surface area contributed by atoms with Crippen LogP contribution in [0.15, 0.2) is 5.29 Å². The molecule has 0 atom stereocenters. The lowest BCUT2D eigenvalue weighted by Gasteiger charge is -2.07. The van der Waals surface area contributed by atoms with Gasteiger partial charge in [-0.15, -0.1) is 4.91 Å². The van der Waals surface area contributed by atoms with Crippen molar-refractivity contribution < 1.29 is 0 Å². The number of nitroso groups, excluding NO2 is 1. The molecule has 0 heterocycles. The first-order chi connectivity index (χ1) is 5.81. The van der Waals surface area contributed by atoms with Crippen LogP contribution >= 0.6 is 0 Å². The van der Waals surface area contributed by atoms with Gasteiger partial charge in [-0.1, -0.05) is 39.0 Å². The van der Waals surface area contributed by atoms with Crippen molar-refractivity contribution in [3.05, 3.63) is 4.91 Å². The molecule has 0 bridgehead atoms. The Morgan fingerprint density at radius 1 is 1.08 bits per heavy atom. The van der Waals surface area contributed by atoms with Gasteiger partial charge < -0.3 is 0 Å². The molecule has 0 saturated heterocycles. The molecule has 0 saturated carbocycles. The summed E-state index contributed by atoms with van der Waals surface area (Å²) in [7, 11) is 1.72. The summed E-state index contributed by atoms with van der Waals surface area (Å²) in [5.41, 5.74) is 0. The molecule has 3 nitrogen and oxygen atoms in total. The lowest BCUT2D eigenvalue weighted by Crippen LogP contribution is -2.10. The predicted molar refractivity (Wildman–Crippen MR) is 51.8 cm³/mol. The van der Waals surface area contributed by atoms with Gasteiger partial charge in [0.15, 0.2) is 0 Å². The van der Waals surface area contributed by atoms with Gasteiger partial charge in [0.05, 0.1) is 5.29 Å². The fourth-order valence-electron chi connectivity index (χ4n) is 1.16. The van der Waals surface area contributed by atoms with Crippen molar-refractivity contribution in [2.45, 2.75) is 45.4 Å². The van der Waals surface area contributed by atoms with Crippen LogP contribution in [0.5, 0.6) is 0 Å². The average Bonchev–Trinajstić information content (AvgIpc) is 2.10. The molecule has 0 fully saturated rings. The number of rotatable bonds is 8. The molecule has 0 unspecified atom stereocenters. The summed E-state index contributed by atoms with van der Waals surface area (Å²) in [6, 6.07) is 0. The third kappa shape index (κ3) is 7.51. The van der Waals surface area contributed by atoms with Crippen molar-refractivity contribution in [3.8, 4) is 0 Å². The first-order valence-corrected chi connectivity index (χ1v) is 4.85. The van der Waals surface area contributed by atoms with Gasteiger partial charge in [0.1, 0.15) is 0 Å². The molecule has 0 aliphatic rings. The molecule has 0 spiro atoms. The minimum atomic E-state index is 0.801. The van der Waals surface area contributed by atoms with Crippen molar-refractivity contribution in [3.63, 3.8) is 0 Å². The number of unbranched alkanes of at least 4 members (excludes halogenated alkanes) is 5. The molecule has 0 aromatic heterocycles. The van der Waals surface area contributed by atoms with Gasteiger partial charge in [0.2, 0.25) is 0 Å². The van der Waals surface area contributed by atoms with E-state index in [1.807, 2.05) is 0 Å². The normalized spacial score (nSPS) is 9.83. The average molecular weight is 172 g/mol. The van der Waals surface area contributed by atoms with Crippen LogP contribution in [0.4, 0.5) is 0 Å². The van der Waals surface area contributed by atoms with Crippen LogP contribution in [0.1, 0.15) is 45.4 Å². The maximum absolute atomic E-state index is 9.95. The molecule has 72 valence electrons. The molecular formula is C9H20N2O. The topological polar surface area (TPSA) is 32.7 Å². The van der Waals surface area contributed by atoms with E-state index in [0.717, 1.165) is 13.0 Å². The van der Waals surface area contributed by atoms with E-state index in [4.69, 9.17) is 0 Å². The van der Waals surface area contributed by atoms with E-state index in [9.17, 15) is 4.91 Å². The van der Waals surface area contributed by atoms with E-state index >= 15 is 0 Å². The molecular weight excluding hydrogens is 152 g/mol. The van der Waals surface area contributed by atoms with Crippen LogP contribution in [0.25, 0.3) is 0 Å². The van der Waals surface area contributed by atoms with Crippen LogP contribution in [-0.2, 0) is 0 Å². The molecule has 0 rings (SSSR count). The van der Waals surface area contributed by atoms with Gasteiger partial charge in [0, 0.05) is 13.6 Å². The third-order valence-electron chi connectivity index (χ3n) is 1.97. The van der Waals surface area contributed by atoms with Crippen LogP contribution < -0.4 is 0 Å². The first-order valence-electron chi connectivity index (χ1n) is 4.85. The van der Waals surface area contributed by atoms with E-state index in [1.54, 1.807) is 7.05 Å². The van der Waals surface area contributed by atoms with Crippen LogP contribution in [0.2, 0.25) is 0 Å². The second-order valence-corrected chi connectivity index (χ2v) is 3.23. The zero-order valence-corrected chi connectivity index (χ0v) is 8.25. The Morgan fingerprint density at radius 3 is 2.25 bits per heavy atom. The summed E-state index contributed by atoms with van der Waals surface area (Å²) in [6.45, 7) is 3.01. The Balaban J connectivity index is 2.95. The van der Waals surface area contributed by atoms with E-state index in [-0.39, 0.29) is 0 Å². The number of hydrogen-bond donors (Lipinski definition) is 0. The summed E-state index contributed by atoms with van der Waals surface area (Å²) in [5, 5.41) is 4.26. The fourth-order valence-corrected chi connectivity index (χ4v) is 1.16. The molecule has 0 radical (unpaired) electrons. The Labute approximate surface area is 75.1 Å². The van der Waals surface area contributed by atoms with E-state index < -0.39 is 0 Å². The van der Waals surface area contributed by atoms with Crippen LogP contribution in [0.3, 0.4) is 0 Å². The molecule has 0 N–H and O–H groups in total. The molecule has 3 heteroatoms. The summed E-state index contributed by atoms with van der Waals surface area (Å²) >= 11 is 0. The third-order valence-corrected chi connectivity index (χ3v) is 1.97. The number of nitrogens with zero attached hydrogens (tertiary/aromatic N) is 2. The minimum absolute atomic E-state index is 0.801. The molecule has 0 aliphatic heterocycles. The summed E-state index contributed by atoms with van der Waals surface area (Å²) in [4.78, 5) is 9.95. The smallest absolute Gasteiger partial charge is 0.0521 e. The van der Waals surface area contributed by atoms with E-state index in [0.29, 0.717) is 0 Å². The van der Waals surface area contributed by atoms with Gasteiger partial charge in [-0.05, 0) is 6.42 Å². The Morgan fingerprint density at radius 2 is 1.67 bits per heavy atom. The maximum Gasteiger partial charge on any atom is 0.0521 e. The lowest BCUT2D eigenvalue weighted by molar-refractivity contribution is 0.337. The summed E-state index contributed by atoms with van der Waals surface area (Å²) in [6.07, 6.45) is 7.55. The maximum atomic E-state index is 9.95. The molecule has 0 aliphatic carbocycles. The van der Waals surface area contributed by atoms with Gasteiger partial charge in [-0.3, -0.25) is 5.01 Å². The van der Waals surface area contributed by atoms with Crippen molar-refractivity contribution in [1.82, 2.24) is 5.01 Å². The quantitative estimate of drug-likeness (QED) is 0.320. The molecule has 12 heavy (non-hydrogen) atoms. The lowest BCUT2D eigenvalue weighted by atomic mass is 10.1. The standard InChI is InChI=1S/C9H20N2O/c1-3-4-5-6-7-8-9-11(2)10-12/h3-9H2,1-2H3. The Kier molecular flexibility index (Phi) is 8.07. The van der Waals surface area contributed by atoms with Crippen molar-refractivity contribution in [2.24, 2.45) is 5.29 Å².